The number of phosphoric ester groups is 1. The maximum absolute atomic E-state index is 12.4. The van der Waals surface area contributed by atoms with Crippen molar-refractivity contribution in [3.63, 3.8) is 0 Å². The molecule has 2 atom stereocenters. The third-order valence-electron chi connectivity index (χ3n) is 7.53. The number of quaternary nitrogens is 1. The fourth-order valence-electron chi connectivity index (χ4n) is 4.52. The van der Waals surface area contributed by atoms with Crippen molar-refractivity contribution in [3.05, 3.63) is 29.8 Å². The molecule has 0 saturated carbocycles. The number of carbonyl (C=O) groups is 1. The fourth-order valence-corrected chi connectivity index (χ4v) is 5.29. The Bertz CT molecular complexity index is 829. The molecular weight excluding hydrogens is 525 g/mol. The lowest BCUT2D eigenvalue weighted by Gasteiger charge is -2.30. The number of Topliss-reactive ketones (excluding diaryl/α,β-unsaturated/α-hetero) is 1. The molecule has 1 aromatic rings. The van der Waals surface area contributed by atoms with E-state index in [0.29, 0.717) is 30.5 Å². The van der Waals surface area contributed by atoms with Crippen LogP contribution in [0.25, 0.3) is 0 Å². The highest BCUT2D eigenvalue weighted by molar-refractivity contribution is 7.45. The summed E-state index contributed by atoms with van der Waals surface area (Å²) in [7, 11) is -0.402. The van der Waals surface area contributed by atoms with Gasteiger partial charge in [-0.15, -0.1) is 0 Å². The zero-order valence-electron chi connectivity index (χ0n) is 26.2. The molecule has 0 aliphatic heterocycles. The maximum atomic E-state index is 12.4. The number of unbranched alkanes of at least 4 members (excludes halogenated alkanes) is 9. The SMILES string of the molecule is CCCCCCCCCCCCOc1ccc(CC(COP(=O)([O-])OCC[N+](C)(C)CC)CC(=O)CCC)cc1. The van der Waals surface area contributed by atoms with E-state index in [1.54, 1.807) is 0 Å². The van der Waals surface area contributed by atoms with Crippen LogP contribution in [0.3, 0.4) is 0 Å². The molecule has 8 heteroatoms. The molecule has 0 aliphatic rings. The number of hydrogen-bond acceptors (Lipinski definition) is 6. The lowest BCUT2D eigenvalue weighted by Crippen LogP contribution is -2.41. The van der Waals surface area contributed by atoms with Crippen LogP contribution >= 0.6 is 7.82 Å². The van der Waals surface area contributed by atoms with E-state index in [0.717, 1.165) is 30.7 Å². The van der Waals surface area contributed by atoms with Gasteiger partial charge in [-0.25, -0.2) is 0 Å². The number of ether oxygens (including phenoxy) is 1. The van der Waals surface area contributed by atoms with Crippen molar-refractivity contribution in [2.75, 3.05) is 47.0 Å². The largest absolute Gasteiger partial charge is 0.756 e. The summed E-state index contributed by atoms with van der Waals surface area (Å²) in [4.78, 5) is 24.7. The van der Waals surface area contributed by atoms with Gasteiger partial charge in [0.2, 0.25) is 0 Å². The Kier molecular flexibility index (Phi) is 19.7. The summed E-state index contributed by atoms with van der Waals surface area (Å²) >= 11 is 0. The summed E-state index contributed by atoms with van der Waals surface area (Å²) in [5.74, 6) is 0.711. The average Bonchev–Trinajstić information content (AvgIpc) is 2.91. The van der Waals surface area contributed by atoms with E-state index in [2.05, 4.69) is 6.92 Å². The van der Waals surface area contributed by atoms with Crippen LogP contribution in [0.5, 0.6) is 5.75 Å². The zero-order chi connectivity index (χ0) is 29.7. The van der Waals surface area contributed by atoms with Gasteiger partial charge in [0.15, 0.2) is 0 Å². The van der Waals surface area contributed by atoms with Crippen LogP contribution in [-0.2, 0) is 24.8 Å². The Balaban J connectivity index is 2.45. The van der Waals surface area contributed by atoms with Crippen LogP contribution < -0.4 is 9.63 Å². The van der Waals surface area contributed by atoms with Crippen molar-refractivity contribution in [1.29, 1.82) is 0 Å². The third-order valence-corrected chi connectivity index (χ3v) is 8.49. The van der Waals surface area contributed by atoms with E-state index < -0.39 is 7.82 Å². The van der Waals surface area contributed by atoms with E-state index >= 15 is 0 Å². The quantitative estimate of drug-likeness (QED) is 0.0638. The standard InChI is InChI=1S/C32H58NO6P/c1-6-9-10-11-12-13-14-15-16-17-24-37-32-21-19-29(20-22-32)26-30(27-31(34)18-7-2)28-39-40(35,36)38-25-23-33(4,5)8-3/h19-22,30H,6-18,23-28H2,1-5H3. The summed E-state index contributed by atoms with van der Waals surface area (Å²) in [6.45, 7) is 8.42. The summed E-state index contributed by atoms with van der Waals surface area (Å²) in [5.41, 5.74) is 1.02. The first-order valence-electron chi connectivity index (χ1n) is 15.8. The van der Waals surface area contributed by atoms with Gasteiger partial charge in [0.1, 0.15) is 24.7 Å². The minimum atomic E-state index is -4.44. The van der Waals surface area contributed by atoms with E-state index in [1.165, 1.54) is 57.8 Å². The molecule has 0 spiro atoms. The first-order chi connectivity index (χ1) is 19.1. The minimum absolute atomic E-state index is 0.0702. The molecule has 0 amide bonds. The number of phosphoric acid groups is 1. The van der Waals surface area contributed by atoms with Crippen molar-refractivity contribution in [3.8, 4) is 5.75 Å². The van der Waals surface area contributed by atoms with Gasteiger partial charge < -0.3 is 23.2 Å². The Hall–Kier alpha value is -1.24. The summed E-state index contributed by atoms with van der Waals surface area (Å²) in [6, 6.07) is 7.88. The number of carbonyl (C=O) groups excluding carboxylic acids is 1. The minimum Gasteiger partial charge on any atom is -0.756 e. The Morgan fingerprint density at radius 1 is 0.850 bits per heavy atom. The normalized spacial score (nSPS) is 14.2. The highest BCUT2D eigenvalue weighted by Gasteiger charge is 2.20. The molecule has 0 N–H and O–H groups in total. The molecule has 0 saturated heterocycles. The number of ketones is 1. The van der Waals surface area contributed by atoms with Crippen molar-refractivity contribution in [2.24, 2.45) is 5.92 Å². The summed E-state index contributed by atoms with van der Waals surface area (Å²) in [5, 5.41) is 0. The second kappa shape index (κ2) is 21.5. The van der Waals surface area contributed by atoms with E-state index in [1.807, 2.05) is 52.2 Å². The van der Waals surface area contributed by atoms with Crippen LogP contribution in [0.2, 0.25) is 0 Å². The summed E-state index contributed by atoms with van der Waals surface area (Å²) < 4.78 is 29.2. The number of nitrogens with zero attached hydrogens (tertiary/aromatic N) is 1. The maximum Gasteiger partial charge on any atom is 0.268 e. The molecule has 0 aliphatic carbocycles. The van der Waals surface area contributed by atoms with Gasteiger partial charge in [-0.05, 0) is 49.8 Å². The molecule has 1 aromatic carbocycles. The Morgan fingerprint density at radius 3 is 2.02 bits per heavy atom. The first-order valence-corrected chi connectivity index (χ1v) is 17.2. The number of hydrogen-bond donors (Lipinski definition) is 0. The topological polar surface area (TPSA) is 84.9 Å². The number of likely N-dealkylation sites (N-methyl/N-ethyl adjacent to an activating group) is 1. The van der Waals surface area contributed by atoms with Crippen molar-refractivity contribution in [1.82, 2.24) is 0 Å². The van der Waals surface area contributed by atoms with Crippen molar-refractivity contribution < 1.29 is 32.5 Å². The van der Waals surface area contributed by atoms with Crippen LogP contribution in [0.15, 0.2) is 24.3 Å². The monoisotopic (exact) mass is 583 g/mol. The van der Waals surface area contributed by atoms with Gasteiger partial charge in [-0.3, -0.25) is 9.36 Å². The molecule has 1 rings (SSSR count). The Labute approximate surface area is 245 Å². The van der Waals surface area contributed by atoms with Gasteiger partial charge in [0, 0.05) is 12.8 Å². The van der Waals surface area contributed by atoms with Gasteiger partial charge in [0.05, 0.1) is 33.9 Å². The van der Waals surface area contributed by atoms with Crippen LogP contribution in [0, 0.1) is 5.92 Å². The van der Waals surface area contributed by atoms with Crippen LogP contribution in [0.4, 0.5) is 0 Å². The lowest BCUT2D eigenvalue weighted by atomic mass is 9.94. The van der Waals surface area contributed by atoms with Crippen LogP contribution in [0.1, 0.15) is 110 Å². The Morgan fingerprint density at radius 2 is 1.45 bits per heavy atom. The fraction of sp³-hybridized carbons (Fsp3) is 0.781. The number of benzene rings is 1. The molecule has 0 heterocycles. The van der Waals surface area contributed by atoms with Crippen molar-refractivity contribution in [2.45, 2.75) is 111 Å². The lowest BCUT2D eigenvalue weighted by molar-refractivity contribution is -0.888. The predicted molar refractivity (Wildman–Crippen MR) is 163 cm³/mol. The van der Waals surface area contributed by atoms with Crippen molar-refractivity contribution >= 4 is 13.6 Å². The first kappa shape index (κ1) is 36.8. The molecule has 232 valence electrons. The molecule has 0 fully saturated rings. The molecular formula is C32H58NO6P. The van der Waals surface area contributed by atoms with Crippen LogP contribution in [-0.4, -0.2) is 57.3 Å². The summed E-state index contributed by atoms with van der Waals surface area (Å²) in [6.07, 6.45) is 15.1. The molecule has 2 unspecified atom stereocenters. The van der Waals surface area contributed by atoms with Gasteiger partial charge in [0.25, 0.3) is 7.82 Å². The predicted octanol–water partition coefficient (Wildman–Crippen LogP) is 7.50. The van der Waals surface area contributed by atoms with Gasteiger partial charge in [-0.1, -0.05) is 83.8 Å². The molecule has 0 aromatic heterocycles. The second-order valence-corrected chi connectivity index (χ2v) is 13.2. The molecule has 7 nitrogen and oxygen atoms in total. The van der Waals surface area contributed by atoms with E-state index in [-0.39, 0.29) is 31.3 Å². The third kappa shape index (κ3) is 19.0. The zero-order valence-corrected chi connectivity index (χ0v) is 27.1. The van der Waals surface area contributed by atoms with E-state index in [4.69, 9.17) is 13.8 Å². The number of rotatable bonds is 26. The second-order valence-electron chi connectivity index (χ2n) is 11.8. The molecule has 40 heavy (non-hydrogen) atoms. The highest BCUT2D eigenvalue weighted by Crippen LogP contribution is 2.39. The average molecular weight is 584 g/mol. The highest BCUT2D eigenvalue weighted by atomic mass is 31.2. The molecule has 0 radical (unpaired) electrons. The van der Waals surface area contributed by atoms with Gasteiger partial charge >= 0.3 is 0 Å². The van der Waals surface area contributed by atoms with E-state index in [9.17, 15) is 14.3 Å². The van der Waals surface area contributed by atoms with Gasteiger partial charge in [-0.2, -0.15) is 0 Å². The smallest absolute Gasteiger partial charge is 0.268 e. The molecule has 0 bridgehead atoms.